The Morgan fingerprint density at radius 3 is 2.69 bits per heavy atom. The summed E-state index contributed by atoms with van der Waals surface area (Å²) < 4.78 is 2.09. The van der Waals surface area contributed by atoms with E-state index in [9.17, 15) is 9.59 Å². The molecule has 0 spiro atoms. The number of pyridine rings is 1. The lowest BCUT2D eigenvalue weighted by molar-refractivity contribution is -0.122. The Labute approximate surface area is 199 Å². The van der Waals surface area contributed by atoms with E-state index in [0.29, 0.717) is 45.3 Å². The molecule has 0 aliphatic carbocycles. The minimum atomic E-state index is -0.199. The summed E-state index contributed by atoms with van der Waals surface area (Å²) in [5.74, 6) is 0.757. The van der Waals surface area contributed by atoms with Gasteiger partial charge in [0.15, 0.2) is 0 Å². The third-order valence-corrected chi connectivity index (χ3v) is 6.77. The maximum atomic E-state index is 13.3. The number of anilines is 1. The number of amides is 1. The van der Waals surface area contributed by atoms with E-state index in [1.54, 1.807) is 17.2 Å². The zero-order valence-electron chi connectivity index (χ0n) is 19.3. The van der Waals surface area contributed by atoms with Crippen LogP contribution in [-0.4, -0.2) is 37.6 Å². The topological polar surface area (TPSA) is 66.7 Å². The highest BCUT2D eigenvalue weighted by Gasteiger charge is 2.32. The number of carbonyl (C=O) groups is 1. The highest BCUT2D eigenvalue weighted by Crippen LogP contribution is 2.33. The van der Waals surface area contributed by atoms with E-state index in [0.717, 1.165) is 18.4 Å². The molecule has 32 heavy (non-hydrogen) atoms. The lowest BCUT2D eigenvalue weighted by atomic mass is 10.1. The second-order valence-corrected chi connectivity index (χ2v) is 10.3. The van der Waals surface area contributed by atoms with Gasteiger partial charge in [-0.15, -0.1) is 0 Å². The first-order valence-electron chi connectivity index (χ1n) is 11.3. The number of aromatic nitrogens is 2. The fraction of sp³-hybridized carbons (Fsp3) is 0.500. The normalized spacial score (nSPS) is 15.5. The van der Waals surface area contributed by atoms with Crippen molar-refractivity contribution >= 4 is 51.7 Å². The van der Waals surface area contributed by atoms with Crippen LogP contribution >= 0.6 is 24.0 Å². The lowest BCUT2D eigenvalue weighted by Gasteiger charge is -2.14. The van der Waals surface area contributed by atoms with Crippen LogP contribution < -0.4 is 10.9 Å². The maximum Gasteiger partial charge on any atom is 0.267 e. The van der Waals surface area contributed by atoms with Gasteiger partial charge in [-0.05, 0) is 37.0 Å². The van der Waals surface area contributed by atoms with Crippen molar-refractivity contribution in [3.8, 4) is 0 Å². The molecule has 2 aromatic heterocycles. The molecule has 0 atom stereocenters. The third kappa shape index (κ3) is 5.59. The number of carbonyl (C=O) groups excluding carboxylic acids is 1. The Morgan fingerprint density at radius 2 is 1.97 bits per heavy atom. The molecule has 3 heterocycles. The van der Waals surface area contributed by atoms with Gasteiger partial charge >= 0.3 is 0 Å². The summed E-state index contributed by atoms with van der Waals surface area (Å²) in [6, 6.07) is 3.76. The number of nitrogens with zero attached hydrogens (tertiary/aromatic N) is 3. The number of thiocarbonyl (C=S) groups is 1. The maximum absolute atomic E-state index is 13.3. The monoisotopic (exact) mass is 472 g/mol. The predicted octanol–water partition coefficient (Wildman–Crippen LogP) is 5.24. The lowest BCUT2D eigenvalue weighted by Crippen LogP contribution is -2.29. The number of unbranched alkanes of at least 4 members (excludes halogenated alkanes) is 4. The molecule has 0 saturated carbocycles. The number of hydrogen-bond acceptors (Lipinski definition) is 6. The molecule has 1 fully saturated rings. The van der Waals surface area contributed by atoms with Crippen LogP contribution in [0.4, 0.5) is 5.82 Å². The molecule has 3 rings (SSSR count). The van der Waals surface area contributed by atoms with Crippen LogP contribution in [0.2, 0.25) is 0 Å². The number of hydrogen-bond donors (Lipinski definition) is 1. The quantitative estimate of drug-likeness (QED) is 0.290. The van der Waals surface area contributed by atoms with Crippen molar-refractivity contribution in [1.29, 1.82) is 0 Å². The van der Waals surface area contributed by atoms with E-state index in [-0.39, 0.29) is 11.5 Å². The van der Waals surface area contributed by atoms with E-state index < -0.39 is 0 Å². The van der Waals surface area contributed by atoms with Crippen molar-refractivity contribution in [3.05, 3.63) is 44.7 Å². The summed E-state index contributed by atoms with van der Waals surface area (Å²) in [6.45, 7) is 9.60. The fourth-order valence-corrected chi connectivity index (χ4v) is 4.87. The van der Waals surface area contributed by atoms with E-state index in [1.807, 2.05) is 19.1 Å². The summed E-state index contributed by atoms with van der Waals surface area (Å²) in [6.07, 6.45) is 8.95. The summed E-state index contributed by atoms with van der Waals surface area (Å²) in [5.41, 5.74) is 1.71. The summed E-state index contributed by atoms with van der Waals surface area (Å²) in [5, 5.41) is 3.30. The van der Waals surface area contributed by atoms with Crippen LogP contribution in [0.15, 0.2) is 28.0 Å². The standard InChI is InChI=1S/C24H32N4O2S2/c1-5-6-7-8-9-12-28-23(30)19(32-24(28)31)14-18-20(25-15-16(2)3)26-21-17(4)11-10-13-27(21)22(18)29/h10-11,13-14,16,25H,5-9,12,15H2,1-4H3/b19-14+. The third-order valence-electron chi connectivity index (χ3n) is 5.40. The Balaban J connectivity index is 1.93. The average molecular weight is 473 g/mol. The summed E-state index contributed by atoms with van der Waals surface area (Å²) >= 11 is 6.73. The van der Waals surface area contributed by atoms with Crippen LogP contribution in [0.3, 0.4) is 0 Å². The SMILES string of the molecule is CCCCCCCN1C(=O)/C(=C\c2c(NCC(C)C)nc3c(C)cccn3c2=O)SC1=S. The molecule has 0 bridgehead atoms. The van der Waals surface area contributed by atoms with Gasteiger partial charge in [-0.2, -0.15) is 0 Å². The second kappa shape index (κ2) is 11.1. The van der Waals surface area contributed by atoms with Crippen molar-refractivity contribution in [2.45, 2.75) is 59.8 Å². The van der Waals surface area contributed by atoms with Crippen LogP contribution in [0.25, 0.3) is 11.7 Å². The van der Waals surface area contributed by atoms with Crippen LogP contribution in [-0.2, 0) is 4.79 Å². The average Bonchev–Trinajstić information content (AvgIpc) is 3.02. The molecule has 1 aliphatic rings. The molecule has 1 saturated heterocycles. The number of nitrogens with one attached hydrogen (secondary N) is 1. The van der Waals surface area contributed by atoms with E-state index in [4.69, 9.17) is 17.2 Å². The first-order valence-corrected chi connectivity index (χ1v) is 12.6. The van der Waals surface area contributed by atoms with Crippen molar-refractivity contribution in [3.63, 3.8) is 0 Å². The summed E-state index contributed by atoms with van der Waals surface area (Å²) in [4.78, 5) is 33.3. The zero-order chi connectivity index (χ0) is 23.3. The van der Waals surface area contributed by atoms with Crippen molar-refractivity contribution in [2.75, 3.05) is 18.4 Å². The first kappa shape index (κ1) is 24.5. The molecule has 1 N–H and O–H groups in total. The van der Waals surface area contributed by atoms with Gasteiger partial charge in [0.25, 0.3) is 11.5 Å². The molecule has 0 aromatic carbocycles. The van der Waals surface area contributed by atoms with E-state index >= 15 is 0 Å². The molecule has 0 radical (unpaired) electrons. The second-order valence-electron chi connectivity index (χ2n) is 8.59. The number of aryl methyl sites for hydroxylation is 1. The van der Waals surface area contributed by atoms with Gasteiger partial charge in [-0.1, -0.05) is 76.5 Å². The van der Waals surface area contributed by atoms with Crippen molar-refractivity contribution < 1.29 is 4.79 Å². The summed E-state index contributed by atoms with van der Waals surface area (Å²) in [7, 11) is 0. The fourth-order valence-electron chi connectivity index (χ4n) is 3.57. The molecule has 2 aromatic rings. The van der Waals surface area contributed by atoms with Gasteiger partial charge in [0.05, 0.1) is 10.5 Å². The Hall–Kier alpha value is -2.19. The van der Waals surface area contributed by atoms with Crippen LogP contribution in [0.1, 0.15) is 64.0 Å². The largest absolute Gasteiger partial charge is 0.369 e. The van der Waals surface area contributed by atoms with Gasteiger partial charge in [0, 0.05) is 19.3 Å². The van der Waals surface area contributed by atoms with Gasteiger partial charge in [0.1, 0.15) is 15.8 Å². The molecule has 172 valence electrons. The van der Waals surface area contributed by atoms with Crippen molar-refractivity contribution in [1.82, 2.24) is 14.3 Å². The smallest absolute Gasteiger partial charge is 0.267 e. The molecule has 0 unspecified atom stereocenters. The molecule has 1 aliphatic heterocycles. The van der Waals surface area contributed by atoms with E-state index in [1.165, 1.54) is 35.4 Å². The Morgan fingerprint density at radius 1 is 1.22 bits per heavy atom. The predicted molar refractivity (Wildman–Crippen MR) is 138 cm³/mol. The van der Waals surface area contributed by atoms with Crippen LogP contribution in [0, 0.1) is 12.8 Å². The van der Waals surface area contributed by atoms with Crippen molar-refractivity contribution in [2.24, 2.45) is 5.92 Å². The molecular formula is C24H32N4O2S2. The minimum Gasteiger partial charge on any atom is -0.369 e. The van der Waals surface area contributed by atoms with Crippen LogP contribution in [0.5, 0.6) is 0 Å². The van der Waals surface area contributed by atoms with Gasteiger partial charge in [-0.25, -0.2) is 4.98 Å². The minimum absolute atomic E-state index is 0.126. The highest BCUT2D eigenvalue weighted by atomic mass is 32.2. The van der Waals surface area contributed by atoms with Gasteiger partial charge in [0.2, 0.25) is 0 Å². The molecule has 8 heteroatoms. The van der Waals surface area contributed by atoms with Gasteiger partial charge < -0.3 is 5.32 Å². The zero-order valence-corrected chi connectivity index (χ0v) is 20.9. The number of thioether (sulfide) groups is 1. The van der Waals surface area contributed by atoms with Gasteiger partial charge in [-0.3, -0.25) is 18.9 Å². The Bertz CT molecular complexity index is 1090. The highest BCUT2D eigenvalue weighted by molar-refractivity contribution is 8.26. The Kier molecular flexibility index (Phi) is 8.48. The molecule has 6 nitrogen and oxygen atoms in total. The molecule has 1 amide bonds. The molecular weight excluding hydrogens is 440 g/mol. The first-order chi connectivity index (χ1) is 15.3. The number of rotatable bonds is 10. The number of fused-ring (bicyclic) bond motifs is 1. The van der Waals surface area contributed by atoms with E-state index in [2.05, 4.69) is 26.1 Å².